The Kier molecular flexibility index (Phi) is 4.55. The molecule has 2 rings (SSSR count). The maximum Gasteiger partial charge on any atom is 0.222 e. The highest BCUT2D eigenvalue weighted by Crippen LogP contribution is 2.24. The van der Waals surface area contributed by atoms with Crippen LogP contribution in [0.2, 0.25) is 0 Å². The number of nitrogens with one attached hydrogen (secondary N) is 1. The fraction of sp³-hybridized carbons (Fsp3) is 0.692. The molecule has 0 saturated carbocycles. The Morgan fingerprint density at radius 3 is 2.95 bits per heavy atom. The number of H-pyrrole nitrogens is 1. The summed E-state index contributed by atoms with van der Waals surface area (Å²) in [7, 11) is 5.31. The molecule has 1 aromatic rings. The fourth-order valence-corrected chi connectivity index (χ4v) is 2.54. The van der Waals surface area contributed by atoms with Crippen LogP contribution in [0, 0.1) is 5.92 Å². The molecule has 1 fully saturated rings. The number of methoxy groups -OCH3 is 1. The number of hydrogen-bond donors (Lipinski definition) is 1. The first-order chi connectivity index (χ1) is 9.10. The van der Waals surface area contributed by atoms with Gasteiger partial charge >= 0.3 is 0 Å². The Morgan fingerprint density at radius 1 is 1.58 bits per heavy atom. The molecular weight excluding hydrogens is 244 g/mol. The van der Waals surface area contributed by atoms with Crippen molar-refractivity contribution in [3.05, 3.63) is 18.0 Å². The SMILES string of the molecule is CO[C@H]1CN(Cc2ccn[nH]2)C[C@@H]1CC(=O)N(C)C. The second-order valence-electron chi connectivity index (χ2n) is 5.30. The number of carbonyl (C=O) groups is 1. The molecule has 1 aliphatic rings. The molecule has 6 nitrogen and oxygen atoms in total. The normalized spacial score (nSPS) is 23.7. The predicted molar refractivity (Wildman–Crippen MR) is 71.5 cm³/mol. The molecule has 0 aliphatic carbocycles. The molecule has 0 aromatic carbocycles. The molecule has 19 heavy (non-hydrogen) atoms. The van der Waals surface area contributed by atoms with Crippen molar-refractivity contribution in [3.63, 3.8) is 0 Å². The van der Waals surface area contributed by atoms with E-state index in [1.165, 1.54) is 0 Å². The average molecular weight is 266 g/mol. The lowest BCUT2D eigenvalue weighted by Gasteiger charge is -2.18. The van der Waals surface area contributed by atoms with E-state index in [1.54, 1.807) is 32.3 Å². The van der Waals surface area contributed by atoms with E-state index in [2.05, 4.69) is 15.1 Å². The van der Waals surface area contributed by atoms with E-state index in [-0.39, 0.29) is 17.9 Å². The van der Waals surface area contributed by atoms with Crippen LogP contribution in [0.5, 0.6) is 0 Å². The van der Waals surface area contributed by atoms with E-state index in [0.717, 1.165) is 25.3 Å². The van der Waals surface area contributed by atoms with Crippen LogP contribution < -0.4 is 0 Å². The van der Waals surface area contributed by atoms with Gasteiger partial charge in [-0.15, -0.1) is 0 Å². The van der Waals surface area contributed by atoms with E-state index in [4.69, 9.17) is 4.74 Å². The van der Waals surface area contributed by atoms with Gasteiger partial charge in [-0.2, -0.15) is 5.10 Å². The van der Waals surface area contributed by atoms with Crippen molar-refractivity contribution in [1.82, 2.24) is 20.0 Å². The van der Waals surface area contributed by atoms with E-state index in [9.17, 15) is 4.79 Å². The summed E-state index contributed by atoms with van der Waals surface area (Å²) in [6.07, 6.45) is 2.43. The number of aromatic nitrogens is 2. The molecule has 0 bridgehead atoms. The highest BCUT2D eigenvalue weighted by molar-refractivity contribution is 5.75. The maximum atomic E-state index is 11.8. The molecule has 1 N–H and O–H groups in total. The van der Waals surface area contributed by atoms with Gasteiger partial charge in [-0.1, -0.05) is 0 Å². The number of amides is 1. The smallest absolute Gasteiger partial charge is 0.222 e. The van der Waals surface area contributed by atoms with Crippen LogP contribution in [0.4, 0.5) is 0 Å². The minimum atomic E-state index is 0.131. The summed E-state index contributed by atoms with van der Waals surface area (Å²) in [6, 6.07) is 1.97. The van der Waals surface area contributed by atoms with Crippen LogP contribution in [0.3, 0.4) is 0 Å². The van der Waals surface area contributed by atoms with Crippen molar-refractivity contribution in [2.45, 2.75) is 19.1 Å². The topological polar surface area (TPSA) is 61.5 Å². The fourth-order valence-electron chi connectivity index (χ4n) is 2.54. The lowest BCUT2D eigenvalue weighted by atomic mass is 10.0. The van der Waals surface area contributed by atoms with E-state index >= 15 is 0 Å². The maximum absolute atomic E-state index is 11.8. The second-order valence-corrected chi connectivity index (χ2v) is 5.30. The van der Waals surface area contributed by atoms with Gasteiger partial charge in [-0.05, 0) is 6.07 Å². The second kappa shape index (κ2) is 6.16. The van der Waals surface area contributed by atoms with Crippen molar-refractivity contribution in [1.29, 1.82) is 0 Å². The van der Waals surface area contributed by atoms with Gasteiger partial charge in [-0.3, -0.25) is 14.8 Å². The molecule has 1 aromatic heterocycles. The van der Waals surface area contributed by atoms with Gasteiger partial charge in [0.25, 0.3) is 0 Å². The first-order valence-electron chi connectivity index (χ1n) is 6.53. The number of hydrogen-bond acceptors (Lipinski definition) is 4. The van der Waals surface area contributed by atoms with Crippen LogP contribution in [0.25, 0.3) is 0 Å². The summed E-state index contributed by atoms with van der Waals surface area (Å²) in [4.78, 5) is 15.8. The third kappa shape index (κ3) is 3.54. The van der Waals surface area contributed by atoms with Gasteiger partial charge in [0.15, 0.2) is 0 Å². The Bertz CT molecular complexity index is 405. The monoisotopic (exact) mass is 266 g/mol. The zero-order valence-electron chi connectivity index (χ0n) is 11.8. The molecule has 2 heterocycles. The van der Waals surface area contributed by atoms with E-state index in [1.807, 2.05) is 6.07 Å². The highest BCUT2D eigenvalue weighted by atomic mass is 16.5. The summed E-state index contributed by atoms with van der Waals surface area (Å²) in [5.74, 6) is 0.429. The quantitative estimate of drug-likeness (QED) is 0.834. The molecule has 6 heteroatoms. The van der Waals surface area contributed by atoms with Crippen molar-refractivity contribution < 1.29 is 9.53 Å². The molecule has 106 valence electrons. The molecule has 1 aliphatic heterocycles. The van der Waals surface area contributed by atoms with Crippen molar-refractivity contribution in [2.24, 2.45) is 5.92 Å². The van der Waals surface area contributed by atoms with Gasteiger partial charge in [-0.25, -0.2) is 0 Å². The molecule has 0 radical (unpaired) electrons. The van der Waals surface area contributed by atoms with Gasteiger partial charge in [0, 0.05) is 65.1 Å². The lowest BCUT2D eigenvalue weighted by molar-refractivity contribution is -0.130. The van der Waals surface area contributed by atoms with Crippen molar-refractivity contribution in [2.75, 3.05) is 34.3 Å². The standard InChI is InChI=1S/C13H22N4O2/c1-16(2)13(18)6-10-7-17(9-12(10)19-3)8-11-4-5-14-15-11/h4-5,10,12H,6-9H2,1-3H3,(H,14,15)/t10-,12-/m0/s1. The lowest BCUT2D eigenvalue weighted by Crippen LogP contribution is -2.29. The Labute approximate surface area is 113 Å². The number of ether oxygens (including phenoxy) is 1. The van der Waals surface area contributed by atoms with Crippen LogP contribution in [-0.4, -0.2) is 66.3 Å². The van der Waals surface area contributed by atoms with E-state index < -0.39 is 0 Å². The Balaban J connectivity index is 1.91. The third-order valence-electron chi connectivity index (χ3n) is 3.65. The highest BCUT2D eigenvalue weighted by Gasteiger charge is 2.34. The van der Waals surface area contributed by atoms with Gasteiger partial charge < -0.3 is 9.64 Å². The zero-order valence-corrected chi connectivity index (χ0v) is 11.8. The van der Waals surface area contributed by atoms with Gasteiger partial charge in [0.1, 0.15) is 0 Å². The van der Waals surface area contributed by atoms with Gasteiger partial charge in [0.05, 0.1) is 6.10 Å². The van der Waals surface area contributed by atoms with Crippen LogP contribution >= 0.6 is 0 Å². The van der Waals surface area contributed by atoms with Crippen molar-refractivity contribution in [3.8, 4) is 0 Å². The minimum Gasteiger partial charge on any atom is -0.380 e. The average Bonchev–Trinajstić information content (AvgIpc) is 2.99. The molecular formula is C13H22N4O2. The zero-order chi connectivity index (χ0) is 13.8. The summed E-state index contributed by atoms with van der Waals surface area (Å²) in [6.45, 7) is 2.57. The minimum absolute atomic E-state index is 0.131. The summed E-state index contributed by atoms with van der Waals surface area (Å²) in [5, 5.41) is 6.91. The van der Waals surface area contributed by atoms with E-state index in [0.29, 0.717) is 6.42 Å². The predicted octanol–water partition coefficient (Wildman–Crippen LogP) is 0.335. The van der Waals surface area contributed by atoms with Crippen molar-refractivity contribution >= 4 is 5.91 Å². The van der Waals surface area contributed by atoms with Crippen LogP contribution in [-0.2, 0) is 16.1 Å². The summed E-state index contributed by atoms with van der Waals surface area (Å²) in [5.41, 5.74) is 1.09. The summed E-state index contributed by atoms with van der Waals surface area (Å²) >= 11 is 0. The first-order valence-corrected chi connectivity index (χ1v) is 6.53. The number of aromatic amines is 1. The Morgan fingerprint density at radius 2 is 2.37 bits per heavy atom. The number of nitrogens with zero attached hydrogens (tertiary/aromatic N) is 3. The van der Waals surface area contributed by atoms with Gasteiger partial charge in [0.2, 0.25) is 5.91 Å². The molecule has 0 spiro atoms. The third-order valence-corrected chi connectivity index (χ3v) is 3.65. The number of likely N-dealkylation sites (tertiary alicyclic amines) is 1. The first kappa shape index (κ1) is 14.0. The molecule has 1 saturated heterocycles. The summed E-state index contributed by atoms with van der Waals surface area (Å²) < 4.78 is 5.52. The number of rotatable bonds is 5. The molecule has 1 amide bonds. The molecule has 0 unspecified atom stereocenters. The molecule has 2 atom stereocenters. The van der Waals surface area contributed by atoms with Crippen LogP contribution in [0.1, 0.15) is 12.1 Å². The largest absolute Gasteiger partial charge is 0.380 e. The number of carbonyl (C=O) groups excluding carboxylic acids is 1. The Hall–Kier alpha value is -1.40. The van der Waals surface area contributed by atoms with Crippen LogP contribution in [0.15, 0.2) is 12.3 Å².